The van der Waals surface area contributed by atoms with Gasteiger partial charge in [0.2, 0.25) is 11.4 Å². The second kappa shape index (κ2) is 6.51. The molecule has 0 spiro atoms. The van der Waals surface area contributed by atoms with E-state index in [4.69, 9.17) is 11.6 Å². The number of anilines is 1. The number of H-pyrrole nitrogens is 1. The summed E-state index contributed by atoms with van der Waals surface area (Å²) in [6, 6.07) is 6.23. The highest BCUT2D eigenvalue weighted by Gasteiger charge is 2.68. The number of hydrogen-bond acceptors (Lipinski definition) is 4. The van der Waals surface area contributed by atoms with Crippen LogP contribution in [0.5, 0.6) is 0 Å². The van der Waals surface area contributed by atoms with E-state index in [1.54, 1.807) is 17.1 Å². The Bertz CT molecular complexity index is 1110. The Balaban J connectivity index is 2.31. The monoisotopic (exact) mass is 416 g/mol. The molecule has 0 bridgehead atoms. The van der Waals surface area contributed by atoms with Crippen molar-refractivity contribution in [2.45, 2.75) is 25.2 Å². The molecule has 1 aromatic heterocycles. The number of amides is 2. The van der Waals surface area contributed by atoms with Gasteiger partial charge in [-0.05, 0) is 11.6 Å². The van der Waals surface area contributed by atoms with Gasteiger partial charge in [-0.1, -0.05) is 29.8 Å². The van der Waals surface area contributed by atoms with Crippen LogP contribution in [0.2, 0.25) is 5.02 Å². The van der Waals surface area contributed by atoms with Gasteiger partial charge in [-0.2, -0.15) is 13.2 Å². The van der Waals surface area contributed by atoms with E-state index >= 15 is 0 Å². The minimum atomic E-state index is -5.35. The number of fused-ring (bicyclic) bond motifs is 1. The maximum atomic E-state index is 13.9. The minimum Gasteiger partial charge on any atom is -0.331 e. The van der Waals surface area contributed by atoms with Gasteiger partial charge in [0.05, 0.1) is 6.54 Å². The summed E-state index contributed by atoms with van der Waals surface area (Å²) in [6.07, 6.45) is -5.35. The average molecular weight is 417 g/mol. The predicted octanol–water partition coefficient (Wildman–Crippen LogP) is 1.08. The predicted molar refractivity (Wildman–Crippen MR) is 92.1 cm³/mol. The van der Waals surface area contributed by atoms with Crippen LogP contribution in [0.15, 0.2) is 33.9 Å². The number of aromatic amines is 1. The number of halogens is 4. The Morgan fingerprint density at radius 1 is 1.25 bits per heavy atom. The second-order valence-electron chi connectivity index (χ2n) is 6.04. The summed E-state index contributed by atoms with van der Waals surface area (Å²) in [5, 5.41) is 3.67. The van der Waals surface area contributed by atoms with E-state index in [9.17, 15) is 32.3 Å². The Kier molecular flexibility index (Phi) is 4.58. The number of aromatic nitrogens is 2. The first-order chi connectivity index (χ1) is 13.0. The van der Waals surface area contributed by atoms with Gasteiger partial charge >= 0.3 is 11.9 Å². The van der Waals surface area contributed by atoms with Crippen LogP contribution in [-0.4, -0.2) is 27.5 Å². The quantitative estimate of drug-likeness (QED) is 0.695. The van der Waals surface area contributed by atoms with Crippen LogP contribution in [0.1, 0.15) is 18.1 Å². The molecule has 148 valence electrons. The fraction of sp³-hybridized carbons (Fsp3) is 0.250. The molecule has 8 nitrogen and oxygen atoms in total. The molecule has 1 aliphatic rings. The summed E-state index contributed by atoms with van der Waals surface area (Å²) in [5.74, 6) is -3.55. The summed E-state index contributed by atoms with van der Waals surface area (Å²) in [6.45, 7) is 0.443. The molecule has 1 unspecified atom stereocenters. The van der Waals surface area contributed by atoms with Crippen LogP contribution in [0.3, 0.4) is 0 Å². The van der Waals surface area contributed by atoms with Crippen molar-refractivity contribution in [3.05, 3.63) is 61.3 Å². The number of carbonyl (C=O) groups excluding carboxylic acids is 2. The lowest BCUT2D eigenvalue weighted by molar-refractivity contribution is -0.200. The van der Waals surface area contributed by atoms with Gasteiger partial charge in [0.1, 0.15) is 11.4 Å². The largest absolute Gasteiger partial charge is 0.425 e. The summed E-state index contributed by atoms with van der Waals surface area (Å²) >= 11 is 6.02. The topological polar surface area (TPSA) is 113 Å². The van der Waals surface area contributed by atoms with Crippen LogP contribution in [0.4, 0.5) is 19.0 Å². The molecule has 0 aliphatic carbocycles. The Hall–Kier alpha value is -3.08. The lowest BCUT2D eigenvalue weighted by Crippen LogP contribution is -2.61. The third-order valence-electron chi connectivity index (χ3n) is 4.22. The third-order valence-corrected chi connectivity index (χ3v) is 4.59. The SMILES string of the molecule is CC(=O)NC1(C(F)(F)F)C(=O)Nc2c1c(=O)[nH]c(=O)n2Cc1ccccc1Cl. The smallest absolute Gasteiger partial charge is 0.331 e. The van der Waals surface area contributed by atoms with Crippen LogP contribution in [0.25, 0.3) is 0 Å². The summed E-state index contributed by atoms with van der Waals surface area (Å²) in [4.78, 5) is 50.0. The molecule has 0 saturated carbocycles. The highest BCUT2D eigenvalue weighted by molar-refractivity contribution is 6.31. The van der Waals surface area contributed by atoms with Gasteiger partial charge in [-0.3, -0.25) is 23.9 Å². The van der Waals surface area contributed by atoms with Gasteiger partial charge < -0.3 is 10.6 Å². The van der Waals surface area contributed by atoms with Crippen molar-refractivity contribution < 1.29 is 22.8 Å². The first-order valence-corrected chi connectivity index (χ1v) is 8.14. The van der Waals surface area contributed by atoms with E-state index in [1.807, 2.05) is 5.32 Å². The molecule has 28 heavy (non-hydrogen) atoms. The van der Waals surface area contributed by atoms with Crippen LogP contribution in [-0.2, 0) is 21.7 Å². The standard InChI is InChI=1S/C16H12ClF3N4O4/c1-7(25)23-15(16(18,19)20)10-11(21-13(15)27)24(14(28)22-12(10)26)6-8-4-2-3-5-9(8)17/h2-5H,6H2,1H3,(H,21,27)(H,23,25)(H,22,26,28). The molecule has 2 heterocycles. The molecule has 2 aromatic rings. The Labute approximate surface area is 159 Å². The molecular weight excluding hydrogens is 405 g/mol. The van der Waals surface area contributed by atoms with Gasteiger partial charge in [0.25, 0.3) is 11.5 Å². The van der Waals surface area contributed by atoms with Gasteiger partial charge in [-0.15, -0.1) is 0 Å². The highest BCUT2D eigenvalue weighted by Crippen LogP contribution is 2.44. The molecule has 1 aliphatic heterocycles. The van der Waals surface area contributed by atoms with E-state index in [2.05, 4.69) is 0 Å². The molecule has 0 fully saturated rings. The number of rotatable bonds is 3. The lowest BCUT2D eigenvalue weighted by atomic mass is 9.92. The summed E-state index contributed by atoms with van der Waals surface area (Å²) in [5.41, 5.74) is -6.88. The van der Waals surface area contributed by atoms with Crippen molar-refractivity contribution >= 4 is 29.2 Å². The van der Waals surface area contributed by atoms with E-state index in [-0.39, 0.29) is 11.6 Å². The summed E-state index contributed by atoms with van der Waals surface area (Å²) in [7, 11) is 0. The van der Waals surface area contributed by atoms with E-state index in [0.717, 1.165) is 11.5 Å². The Morgan fingerprint density at radius 2 is 1.89 bits per heavy atom. The fourth-order valence-corrected chi connectivity index (χ4v) is 3.23. The van der Waals surface area contributed by atoms with Crippen LogP contribution >= 0.6 is 11.6 Å². The molecule has 2 amide bonds. The molecular formula is C16H12ClF3N4O4. The van der Waals surface area contributed by atoms with Crippen molar-refractivity contribution in [1.29, 1.82) is 0 Å². The maximum Gasteiger partial charge on any atom is 0.425 e. The van der Waals surface area contributed by atoms with Gasteiger partial charge in [-0.25, -0.2) is 4.79 Å². The molecule has 3 rings (SSSR count). The first-order valence-electron chi connectivity index (χ1n) is 7.77. The van der Waals surface area contributed by atoms with Crippen molar-refractivity contribution in [2.75, 3.05) is 5.32 Å². The molecule has 0 saturated heterocycles. The van der Waals surface area contributed by atoms with Crippen LogP contribution < -0.4 is 21.9 Å². The number of nitrogens with one attached hydrogen (secondary N) is 3. The molecule has 0 radical (unpaired) electrons. The maximum absolute atomic E-state index is 13.9. The Morgan fingerprint density at radius 3 is 2.46 bits per heavy atom. The zero-order valence-corrected chi connectivity index (χ0v) is 14.9. The fourth-order valence-electron chi connectivity index (χ4n) is 3.04. The average Bonchev–Trinajstić information content (AvgIpc) is 2.86. The number of alkyl halides is 3. The summed E-state index contributed by atoms with van der Waals surface area (Å²) < 4.78 is 42.4. The van der Waals surface area contributed by atoms with E-state index in [0.29, 0.717) is 5.56 Å². The third kappa shape index (κ3) is 2.87. The van der Waals surface area contributed by atoms with Gasteiger partial charge in [0.15, 0.2) is 0 Å². The van der Waals surface area contributed by atoms with Crippen LogP contribution in [0, 0.1) is 0 Å². The number of carbonyl (C=O) groups is 2. The zero-order valence-electron chi connectivity index (χ0n) is 14.1. The van der Waals surface area contributed by atoms with Crippen molar-refractivity contribution in [1.82, 2.24) is 14.9 Å². The lowest BCUT2D eigenvalue weighted by Gasteiger charge is -2.29. The molecule has 1 aromatic carbocycles. The molecule has 12 heteroatoms. The number of benzene rings is 1. The van der Waals surface area contributed by atoms with Gasteiger partial charge in [0, 0.05) is 11.9 Å². The number of nitrogens with zero attached hydrogens (tertiary/aromatic N) is 1. The first kappa shape index (κ1) is 19.7. The van der Waals surface area contributed by atoms with E-state index in [1.165, 1.54) is 17.4 Å². The zero-order chi connectivity index (χ0) is 20.9. The van der Waals surface area contributed by atoms with Crippen molar-refractivity contribution in [3.8, 4) is 0 Å². The number of hydrogen-bond donors (Lipinski definition) is 3. The normalized spacial score (nSPS) is 18.5. The molecule has 3 N–H and O–H groups in total. The second-order valence-corrected chi connectivity index (χ2v) is 6.45. The van der Waals surface area contributed by atoms with Crippen molar-refractivity contribution in [2.24, 2.45) is 0 Å². The highest BCUT2D eigenvalue weighted by atomic mass is 35.5. The van der Waals surface area contributed by atoms with Crippen molar-refractivity contribution in [3.63, 3.8) is 0 Å². The van der Waals surface area contributed by atoms with E-state index < -0.39 is 46.2 Å². The molecule has 1 atom stereocenters. The minimum absolute atomic E-state index is 0.225.